The highest BCUT2D eigenvalue weighted by molar-refractivity contribution is 4.82. The standard InChI is InChI=1S/C14H30N2/c1-12(2)7-6-10-16(3)14-9-5-4-8-13(14)11-15/h12-14H,4-11,15H2,1-3H3. The van der Waals surface area contributed by atoms with Gasteiger partial charge in [-0.1, -0.05) is 26.7 Å². The first-order chi connectivity index (χ1) is 7.65. The lowest BCUT2D eigenvalue weighted by atomic mass is 9.83. The second-order valence-corrected chi connectivity index (χ2v) is 5.86. The zero-order valence-corrected chi connectivity index (χ0v) is 11.4. The normalized spacial score (nSPS) is 26.6. The summed E-state index contributed by atoms with van der Waals surface area (Å²) in [7, 11) is 2.29. The zero-order chi connectivity index (χ0) is 12.0. The molecule has 0 radical (unpaired) electrons. The molecule has 0 amide bonds. The molecule has 96 valence electrons. The summed E-state index contributed by atoms with van der Waals surface area (Å²) in [4.78, 5) is 2.57. The average Bonchev–Trinajstić information content (AvgIpc) is 2.28. The van der Waals surface area contributed by atoms with Crippen molar-refractivity contribution in [3.05, 3.63) is 0 Å². The van der Waals surface area contributed by atoms with E-state index in [2.05, 4.69) is 25.8 Å². The van der Waals surface area contributed by atoms with Crippen LogP contribution in [0.2, 0.25) is 0 Å². The Morgan fingerprint density at radius 2 is 1.94 bits per heavy atom. The van der Waals surface area contributed by atoms with Gasteiger partial charge in [0.15, 0.2) is 0 Å². The Hall–Kier alpha value is -0.0800. The quantitative estimate of drug-likeness (QED) is 0.754. The molecule has 1 aliphatic rings. The van der Waals surface area contributed by atoms with Gasteiger partial charge in [-0.05, 0) is 57.7 Å². The molecule has 1 saturated carbocycles. The van der Waals surface area contributed by atoms with E-state index in [9.17, 15) is 0 Å². The van der Waals surface area contributed by atoms with E-state index in [4.69, 9.17) is 5.73 Å². The van der Waals surface area contributed by atoms with Crippen LogP contribution in [0.25, 0.3) is 0 Å². The molecule has 1 rings (SSSR count). The maximum atomic E-state index is 5.88. The number of nitrogens with two attached hydrogens (primary N) is 1. The van der Waals surface area contributed by atoms with Crippen molar-refractivity contribution in [3.63, 3.8) is 0 Å². The molecule has 2 atom stereocenters. The van der Waals surface area contributed by atoms with Gasteiger partial charge < -0.3 is 10.6 Å². The van der Waals surface area contributed by atoms with Crippen LogP contribution in [0.3, 0.4) is 0 Å². The number of hydrogen-bond donors (Lipinski definition) is 1. The molecule has 0 aromatic carbocycles. The molecule has 0 bridgehead atoms. The predicted molar refractivity (Wildman–Crippen MR) is 71.5 cm³/mol. The molecule has 0 saturated heterocycles. The molecular formula is C14H30N2. The van der Waals surface area contributed by atoms with E-state index in [0.29, 0.717) is 0 Å². The van der Waals surface area contributed by atoms with Gasteiger partial charge in [0, 0.05) is 6.04 Å². The SMILES string of the molecule is CC(C)CCCN(C)C1CCCCC1CN. The van der Waals surface area contributed by atoms with Crippen molar-refractivity contribution < 1.29 is 0 Å². The Balaban J connectivity index is 2.29. The lowest BCUT2D eigenvalue weighted by Gasteiger charge is -2.37. The van der Waals surface area contributed by atoms with Crippen LogP contribution in [0, 0.1) is 11.8 Å². The first-order valence-electron chi connectivity index (χ1n) is 7.05. The Bertz CT molecular complexity index is 180. The van der Waals surface area contributed by atoms with Gasteiger partial charge in [-0.2, -0.15) is 0 Å². The molecular weight excluding hydrogens is 196 g/mol. The summed E-state index contributed by atoms with van der Waals surface area (Å²) in [6.45, 7) is 6.74. The third-order valence-electron chi connectivity index (χ3n) is 4.03. The minimum Gasteiger partial charge on any atom is -0.330 e. The lowest BCUT2D eigenvalue weighted by Crippen LogP contribution is -2.43. The molecule has 0 spiro atoms. The van der Waals surface area contributed by atoms with Crippen molar-refractivity contribution >= 4 is 0 Å². The second kappa shape index (κ2) is 7.29. The second-order valence-electron chi connectivity index (χ2n) is 5.86. The fourth-order valence-electron chi connectivity index (χ4n) is 2.96. The molecule has 1 fully saturated rings. The highest BCUT2D eigenvalue weighted by Gasteiger charge is 2.26. The van der Waals surface area contributed by atoms with Crippen molar-refractivity contribution in [2.24, 2.45) is 17.6 Å². The van der Waals surface area contributed by atoms with Gasteiger partial charge >= 0.3 is 0 Å². The van der Waals surface area contributed by atoms with Crippen molar-refractivity contribution in [3.8, 4) is 0 Å². The first-order valence-corrected chi connectivity index (χ1v) is 7.05. The van der Waals surface area contributed by atoms with Gasteiger partial charge in [0.2, 0.25) is 0 Å². The molecule has 0 heterocycles. The van der Waals surface area contributed by atoms with E-state index in [1.807, 2.05) is 0 Å². The molecule has 0 aromatic heterocycles. The Kier molecular flexibility index (Phi) is 6.37. The van der Waals surface area contributed by atoms with Crippen molar-refractivity contribution in [2.45, 2.75) is 58.4 Å². The summed E-state index contributed by atoms with van der Waals surface area (Å²) in [5.41, 5.74) is 5.88. The largest absolute Gasteiger partial charge is 0.330 e. The van der Waals surface area contributed by atoms with Crippen LogP contribution < -0.4 is 5.73 Å². The fourth-order valence-corrected chi connectivity index (χ4v) is 2.96. The van der Waals surface area contributed by atoms with E-state index in [1.165, 1.54) is 45.1 Å². The number of hydrogen-bond acceptors (Lipinski definition) is 2. The predicted octanol–water partition coefficient (Wildman–Crippen LogP) is 2.87. The van der Waals surface area contributed by atoms with Gasteiger partial charge in [0.05, 0.1) is 0 Å². The maximum Gasteiger partial charge on any atom is 0.0132 e. The monoisotopic (exact) mass is 226 g/mol. The highest BCUT2D eigenvalue weighted by Crippen LogP contribution is 2.27. The Morgan fingerprint density at radius 1 is 1.25 bits per heavy atom. The molecule has 2 unspecified atom stereocenters. The zero-order valence-electron chi connectivity index (χ0n) is 11.4. The van der Waals surface area contributed by atoms with E-state index in [1.54, 1.807) is 0 Å². The molecule has 0 aliphatic heterocycles. The van der Waals surface area contributed by atoms with E-state index < -0.39 is 0 Å². The van der Waals surface area contributed by atoms with Gasteiger partial charge in [-0.15, -0.1) is 0 Å². The van der Waals surface area contributed by atoms with Gasteiger partial charge in [0.25, 0.3) is 0 Å². The minimum absolute atomic E-state index is 0.748. The average molecular weight is 226 g/mol. The van der Waals surface area contributed by atoms with Gasteiger partial charge in [-0.25, -0.2) is 0 Å². The van der Waals surface area contributed by atoms with Crippen molar-refractivity contribution in [2.75, 3.05) is 20.1 Å². The fraction of sp³-hybridized carbons (Fsp3) is 1.00. The summed E-state index contributed by atoms with van der Waals surface area (Å²) in [5, 5.41) is 0. The maximum absolute atomic E-state index is 5.88. The minimum atomic E-state index is 0.748. The molecule has 16 heavy (non-hydrogen) atoms. The van der Waals surface area contributed by atoms with Gasteiger partial charge in [0.1, 0.15) is 0 Å². The third kappa shape index (κ3) is 4.42. The van der Waals surface area contributed by atoms with Crippen molar-refractivity contribution in [1.29, 1.82) is 0 Å². The summed E-state index contributed by atoms with van der Waals surface area (Å²) in [5.74, 6) is 1.59. The number of nitrogens with zero attached hydrogens (tertiary/aromatic N) is 1. The molecule has 1 aliphatic carbocycles. The van der Waals surface area contributed by atoms with Crippen LogP contribution in [0.5, 0.6) is 0 Å². The highest BCUT2D eigenvalue weighted by atomic mass is 15.1. The molecule has 2 heteroatoms. The topological polar surface area (TPSA) is 29.3 Å². The molecule has 0 aromatic rings. The summed E-state index contributed by atoms with van der Waals surface area (Å²) >= 11 is 0. The van der Waals surface area contributed by atoms with Gasteiger partial charge in [-0.3, -0.25) is 0 Å². The van der Waals surface area contributed by atoms with Crippen LogP contribution >= 0.6 is 0 Å². The van der Waals surface area contributed by atoms with E-state index >= 15 is 0 Å². The van der Waals surface area contributed by atoms with Crippen LogP contribution in [0.1, 0.15) is 52.4 Å². The number of rotatable bonds is 6. The van der Waals surface area contributed by atoms with Crippen LogP contribution in [-0.2, 0) is 0 Å². The molecule has 2 N–H and O–H groups in total. The smallest absolute Gasteiger partial charge is 0.0132 e. The third-order valence-corrected chi connectivity index (χ3v) is 4.03. The first kappa shape index (κ1) is 14.0. The Labute approximate surface area is 102 Å². The Morgan fingerprint density at radius 3 is 2.56 bits per heavy atom. The van der Waals surface area contributed by atoms with Crippen LogP contribution in [0.15, 0.2) is 0 Å². The summed E-state index contributed by atoms with van der Waals surface area (Å²) < 4.78 is 0. The summed E-state index contributed by atoms with van der Waals surface area (Å²) in [6.07, 6.45) is 8.18. The summed E-state index contributed by atoms with van der Waals surface area (Å²) in [6, 6.07) is 0.755. The lowest BCUT2D eigenvalue weighted by molar-refractivity contribution is 0.130. The van der Waals surface area contributed by atoms with E-state index in [-0.39, 0.29) is 0 Å². The van der Waals surface area contributed by atoms with Crippen LogP contribution in [0.4, 0.5) is 0 Å². The van der Waals surface area contributed by atoms with Crippen molar-refractivity contribution in [1.82, 2.24) is 4.90 Å². The van der Waals surface area contributed by atoms with Crippen LogP contribution in [-0.4, -0.2) is 31.1 Å². The molecule has 2 nitrogen and oxygen atoms in total. The van der Waals surface area contributed by atoms with E-state index in [0.717, 1.165) is 24.4 Å².